The molecule has 5 rings (SSSR count). The number of likely N-dealkylation sites (N-methyl/N-ethyl adjacent to an activating group) is 1. The molecule has 3 amide bonds. The Bertz CT molecular complexity index is 1390. The molecule has 0 atom stereocenters. The van der Waals surface area contributed by atoms with E-state index in [1.807, 2.05) is 7.05 Å². The van der Waals surface area contributed by atoms with Gasteiger partial charge in [-0.1, -0.05) is 0 Å². The van der Waals surface area contributed by atoms with E-state index in [4.69, 9.17) is 4.74 Å². The van der Waals surface area contributed by atoms with E-state index >= 15 is 0 Å². The third-order valence-electron chi connectivity index (χ3n) is 6.86. The number of hydrogen-bond donors (Lipinski definition) is 3. The molecular formula is C29H31F3N6O3. The number of pyridine rings is 1. The van der Waals surface area contributed by atoms with Crippen molar-refractivity contribution in [1.82, 2.24) is 14.8 Å². The van der Waals surface area contributed by atoms with Gasteiger partial charge in [0.05, 0.1) is 5.56 Å². The molecule has 3 aromatic rings. The van der Waals surface area contributed by atoms with Crippen LogP contribution in [0.15, 0.2) is 60.8 Å². The number of halogens is 3. The number of carbonyl (C=O) groups is 2. The Morgan fingerprint density at radius 1 is 0.902 bits per heavy atom. The molecule has 2 fully saturated rings. The number of carbonyl (C=O) groups excluding carboxylic acids is 2. The standard InChI is InChI=1S/C29H31F3N6O3/c1-37-10-12-38(13-11-37)18-19-14-21(29(30,31)32)16-23(15-19)35-28(40)34-22-4-6-24(7-5-22)41-25-8-9-33-26(17-25)36-27(39)20-2-3-20/h4-9,14-17,20H,2-3,10-13,18H2,1H3,(H,33,36,39)(H2,34,35,40). The Labute approximate surface area is 235 Å². The predicted molar refractivity (Wildman–Crippen MR) is 149 cm³/mol. The molecule has 2 aromatic carbocycles. The lowest BCUT2D eigenvalue weighted by atomic mass is 10.1. The van der Waals surface area contributed by atoms with E-state index in [0.29, 0.717) is 35.1 Å². The molecule has 1 aromatic heterocycles. The quantitative estimate of drug-likeness (QED) is 0.326. The fraction of sp³-hybridized carbons (Fsp3) is 0.345. The van der Waals surface area contributed by atoms with Gasteiger partial charge in [0.1, 0.15) is 17.3 Å². The van der Waals surface area contributed by atoms with Gasteiger partial charge < -0.3 is 25.6 Å². The molecule has 1 aliphatic heterocycles. The Hall–Kier alpha value is -4.16. The first-order chi connectivity index (χ1) is 19.6. The molecule has 9 nitrogen and oxygen atoms in total. The fourth-order valence-electron chi connectivity index (χ4n) is 4.44. The minimum absolute atomic E-state index is 0.0522. The number of amides is 3. The molecule has 1 saturated carbocycles. The first-order valence-electron chi connectivity index (χ1n) is 13.4. The molecule has 3 N–H and O–H groups in total. The van der Waals surface area contributed by atoms with E-state index < -0.39 is 17.8 Å². The normalized spacial score (nSPS) is 16.2. The Morgan fingerprint density at radius 3 is 2.29 bits per heavy atom. The van der Waals surface area contributed by atoms with Crippen LogP contribution in [0.4, 0.5) is 35.2 Å². The zero-order chi connectivity index (χ0) is 29.0. The average molecular weight is 569 g/mol. The summed E-state index contributed by atoms with van der Waals surface area (Å²) in [6.07, 6.45) is -1.24. The summed E-state index contributed by atoms with van der Waals surface area (Å²) in [6.45, 7) is 3.57. The van der Waals surface area contributed by atoms with Crippen molar-refractivity contribution in [3.8, 4) is 11.5 Å². The van der Waals surface area contributed by atoms with Crippen molar-refractivity contribution < 1.29 is 27.5 Å². The van der Waals surface area contributed by atoms with Crippen molar-refractivity contribution in [2.24, 2.45) is 5.92 Å². The van der Waals surface area contributed by atoms with Crippen molar-refractivity contribution in [3.63, 3.8) is 0 Å². The van der Waals surface area contributed by atoms with Crippen molar-refractivity contribution in [2.75, 3.05) is 49.2 Å². The van der Waals surface area contributed by atoms with Crippen LogP contribution in [-0.4, -0.2) is 59.9 Å². The number of benzene rings is 2. The van der Waals surface area contributed by atoms with Gasteiger partial charge in [0, 0.05) is 62.3 Å². The zero-order valence-corrected chi connectivity index (χ0v) is 22.5. The summed E-state index contributed by atoms with van der Waals surface area (Å²) in [5.74, 6) is 1.35. The lowest BCUT2D eigenvalue weighted by molar-refractivity contribution is -0.137. The van der Waals surface area contributed by atoms with Gasteiger partial charge in [-0.25, -0.2) is 9.78 Å². The van der Waals surface area contributed by atoms with Crippen LogP contribution in [0.1, 0.15) is 24.0 Å². The summed E-state index contributed by atoms with van der Waals surface area (Å²) < 4.78 is 46.6. The first-order valence-corrected chi connectivity index (χ1v) is 13.4. The van der Waals surface area contributed by atoms with E-state index in [-0.39, 0.29) is 17.5 Å². The highest BCUT2D eigenvalue weighted by atomic mass is 19.4. The van der Waals surface area contributed by atoms with Crippen molar-refractivity contribution >= 4 is 29.1 Å². The molecule has 1 aliphatic carbocycles. The van der Waals surface area contributed by atoms with E-state index in [1.165, 1.54) is 6.20 Å². The van der Waals surface area contributed by atoms with Gasteiger partial charge in [-0.3, -0.25) is 9.69 Å². The number of urea groups is 1. The maximum Gasteiger partial charge on any atom is 0.416 e. The first kappa shape index (κ1) is 28.4. The van der Waals surface area contributed by atoms with Crippen molar-refractivity contribution in [3.05, 3.63) is 71.9 Å². The van der Waals surface area contributed by atoms with Gasteiger partial charge in [-0.15, -0.1) is 0 Å². The van der Waals surface area contributed by atoms with Crippen LogP contribution in [0.5, 0.6) is 11.5 Å². The second kappa shape index (κ2) is 12.1. The lowest BCUT2D eigenvalue weighted by Crippen LogP contribution is -2.43. The second-order valence-corrected chi connectivity index (χ2v) is 10.3. The number of rotatable bonds is 8. The lowest BCUT2D eigenvalue weighted by Gasteiger charge is -2.32. The topological polar surface area (TPSA) is 98.8 Å². The number of nitrogens with zero attached hydrogens (tertiary/aromatic N) is 3. The Balaban J connectivity index is 1.19. The molecular weight excluding hydrogens is 537 g/mol. The number of ether oxygens (including phenoxy) is 1. The summed E-state index contributed by atoms with van der Waals surface area (Å²) >= 11 is 0. The van der Waals surface area contributed by atoms with Crippen LogP contribution in [0.25, 0.3) is 0 Å². The molecule has 0 radical (unpaired) electrons. The van der Waals surface area contributed by atoms with Crippen LogP contribution in [0.3, 0.4) is 0 Å². The fourth-order valence-corrected chi connectivity index (χ4v) is 4.44. The number of alkyl halides is 3. The number of nitrogens with one attached hydrogen (secondary N) is 3. The summed E-state index contributed by atoms with van der Waals surface area (Å²) in [5.41, 5.74) is 0.148. The average Bonchev–Trinajstić information content (AvgIpc) is 3.77. The van der Waals surface area contributed by atoms with Gasteiger partial charge in [0.15, 0.2) is 0 Å². The highest BCUT2D eigenvalue weighted by Crippen LogP contribution is 2.33. The van der Waals surface area contributed by atoms with Gasteiger partial charge in [0.2, 0.25) is 5.91 Å². The smallest absolute Gasteiger partial charge is 0.416 e. The second-order valence-electron chi connectivity index (χ2n) is 10.3. The number of piperazine rings is 1. The Kier molecular flexibility index (Phi) is 8.41. The van der Waals surface area contributed by atoms with E-state index in [2.05, 4.69) is 30.7 Å². The number of hydrogen-bond acceptors (Lipinski definition) is 6. The maximum absolute atomic E-state index is 13.6. The summed E-state index contributed by atoms with van der Waals surface area (Å²) in [6, 6.07) is 12.7. The van der Waals surface area contributed by atoms with Crippen molar-refractivity contribution in [1.29, 1.82) is 0 Å². The number of anilines is 3. The molecule has 0 spiro atoms. The van der Waals surface area contributed by atoms with Crippen LogP contribution >= 0.6 is 0 Å². The molecule has 216 valence electrons. The molecule has 0 bridgehead atoms. The van der Waals surface area contributed by atoms with Gasteiger partial charge in [0.25, 0.3) is 0 Å². The largest absolute Gasteiger partial charge is 0.457 e. The third-order valence-corrected chi connectivity index (χ3v) is 6.86. The SMILES string of the molecule is CN1CCN(Cc2cc(NC(=O)Nc3ccc(Oc4ccnc(NC(=O)C5CC5)c4)cc3)cc(C(F)(F)F)c2)CC1. The Morgan fingerprint density at radius 2 is 1.61 bits per heavy atom. The van der Waals surface area contributed by atoms with Crippen molar-refractivity contribution in [2.45, 2.75) is 25.6 Å². The molecule has 0 unspecified atom stereocenters. The highest BCUT2D eigenvalue weighted by Gasteiger charge is 2.32. The van der Waals surface area contributed by atoms with E-state index in [9.17, 15) is 22.8 Å². The minimum Gasteiger partial charge on any atom is -0.457 e. The van der Waals surface area contributed by atoms with Crippen LogP contribution in [0.2, 0.25) is 0 Å². The minimum atomic E-state index is -4.54. The van der Waals surface area contributed by atoms with Gasteiger partial charge >= 0.3 is 12.2 Å². The monoisotopic (exact) mass is 568 g/mol. The highest BCUT2D eigenvalue weighted by molar-refractivity contribution is 5.99. The number of aromatic nitrogens is 1. The van der Waals surface area contributed by atoms with Crippen LogP contribution in [-0.2, 0) is 17.5 Å². The van der Waals surface area contributed by atoms with Crippen LogP contribution < -0.4 is 20.7 Å². The van der Waals surface area contributed by atoms with Gasteiger partial charge in [-0.05, 0) is 74.0 Å². The van der Waals surface area contributed by atoms with E-state index in [1.54, 1.807) is 42.5 Å². The predicted octanol–water partition coefficient (Wildman–Crippen LogP) is 5.63. The maximum atomic E-state index is 13.6. The molecule has 1 saturated heterocycles. The molecule has 41 heavy (non-hydrogen) atoms. The summed E-state index contributed by atoms with van der Waals surface area (Å²) in [4.78, 5) is 33.0. The zero-order valence-electron chi connectivity index (χ0n) is 22.5. The molecule has 12 heteroatoms. The summed E-state index contributed by atoms with van der Waals surface area (Å²) in [7, 11) is 2.01. The van der Waals surface area contributed by atoms with Crippen LogP contribution in [0, 0.1) is 5.92 Å². The summed E-state index contributed by atoms with van der Waals surface area (Å²) in [5, 5.41) is 7.93. The van der Waals surface area contributed by atoms with Gasteiger partial charge in [-0.2, -0.15) is 13.2 Å². The third kappa shape index (κ3) is 8.18. The van der Waals surface area contributed by atoms with E-state index in [0.717, 1.165) is 51.2 Å². The molecule has 2 heterocycles. The molecule has 2 aliphatic rings.